The summed E-state index contributed by atoms with van der Waals surface area (Å²) in [5, 5.41) is 8.25. The van der Waals surface area contributed by atoms with E-state index in [0.717, 1.165) is 3.58 Å². The molecule has 0 spiro atoms. The van der Waals surface area contributed by atoms with E-state index in [2.05, 4.69) is 45.2 Å². The molecule has 0 heterocycles. The summed E-state index contributed by atoms with van der Waals surface area (Å²) in [5.74, 6) is 0. The molecule has 0 atom stereocenters. The van der Waals surface area contributed by atoms with Gasteiger partial charge in [-0.15, -0.1) is 0 Å². The summed E-state index contributed by atoms with van der Waals surface area (Å²) in [6, 6.07) is 0. The van der Waals surface area contributed by atoms with E-state index >= 15 is 0 Å². The highest BCUT2D eigenvalue weighted by atomic mass is 127. The molecule has 36 valence electrons. The van der Waals surface area contributed by atoms with E-state index in [9.17, 15) is 0 Å². The van der Waals surface area contributed by atoms with Crippen LogP contribution in [-0.4, -0.2) is 11.7 Å². The first kappa shape index (κ1) is 7.16. The van der Waals surface area contributed by atoms with Crippen molar-refractivity contribution in [3.8, 4) is 0 Å². The Hall–Kier alpha value is 1.16. The van der Waals surface area contributed by atoms with Gasteiger partial charge in [0.25, 0.3) is 0 Å². The molecular weight excluding hydrogens is 306 g/mol. The number of hydrogen-bond donors (Lipinski definition) is 1. The van der Waals surface area contributed by atoms with Gasteiger partial charge < -0.3 is 5.11 Å². The highest BCUT2D eigenvalue weighted by Crippen LogP contribution is 2.05. The lowest BCUT2D eigenvalue weighted by Gasteiger charge is -1.81. The fourth-order valence-corrected chi connectivity index (χ4v) is 0.231. The molecule has 0 amide bonds. The van der Waals surface area contributed by atoms with Gasteiger partial charge in [-0.05, 0) is 26.7 Å². The van der Waals surface area contributed by atoms with Crippen molar-refractivity contribution in [3.63, 3.8) is 0 Å². The Morgan fingerprint density at radius 1 is 1.83 bits per heavy atom. The third-order valence-corrected chi connectivity index (χ3v) is 2.87. The minimum Gasteiger partial charge on any atom is -0.391 e. The molecule has 3 heteroatoms. The van der Waals surface area contributed by atoms with Gasteiger partial charge in [0.2, 0.25) is 0 Å². The molecule has 1 N–H and O–H groups in total. The van der Waals surface area contributed by atoms with Gasteiger partial charge in [-0.1, -0.05) is 22.6 Å². The zero-order chi connectivity index (χ0) is 4.99. The van der Waals surface area contributed by atoms with Crippen LogP contribution in [0.15, 0.2) is 7.66 Å². The van der Waals surface area contributed by atoms with Gasteiger partial charge in [-0.25, -0.2) is 0 Å². The first-order valence-corrected chi connectivity index (χ1v) is 3.69. The summed E-state index contributed by atoms with van der Waals surface area (Å²) in [6.07, 6.45) is 0. The molecule has 0 aromatic heterocycles. The van der Waals surface area contributed by atoms with E-state index in [0.29, 0.717) is 0 Å². The summed E-state index contributed by atoms with van der Waals surface area (Å²) in [7, 11) is 0. The normalized spacial score (nSPS) is 12.2. The van der Waals surface area contributed by atoms with E-state index in [1.807, 2.05) is 4.08 Å². The molecule has 0 rings (SSSR count). The molecule has 6 heavy (non-hydrogen) atoms. The molecular formula is C3H4I2O. The van der Waals surface area contributed by atoms with Gasteiger partial charge in [0.15, 0.2) is 0 Å². The van der Waals surface area contributed by atoms with E-state index in [1.165, 1.54) is 0 Å². The molecule has 1 nitrogen and oxygen atoms in total. The number of aliphatic hydroxyl groups is 1. The Labute approximate surface area is 64.1 Å². The first-order valence-electron chi connectivity index (χ1n) is 1.37. The Morgan fingerprint density at radius 2 is 2.33 bits per heavy atom. The molecule has 0 bridgehead atoms. The summed E-state index contributed by atoms with van der Waals surface area (Å²) in [4.78, 5) is 0. The van der Waals surface area contributed by atoms with Crippen LogP contribution in [0, 0.1) is 0 Å². The molecule has 0 saturated heterocycles. The van der Waals surface area contributed by atoms with Gasteiger partial charge in [0, 0.05) is 3.58 Å². The van der Waals surface area contributed by atoms with Crippen LogP contribution < -0.4 is 0 Å². The zero-order valence-corrected chi connectivity index (χ0v) is 7.30. The van der Waals surface area contributed by atoms with Crippen molar-refractivity contribution in [1.82, 2.24) is 0 Å². The number of rotatable bonds is 1. The monoisotopic (exact) mass is 310 g/mol. The predicted molar refractivity (Wildman–Crippen MR) is 43.2 cm³/mol. The molecule has 0 fully saturated rings. The van der Waals surface area contributed by atoms with Crippen LogP contribution in [0.4, 0.5) is 0 Å². The summed E-state index contributed by atoms with van der Waals surface area (Å²) in [5.41, 5.74) is 0. The van der Waals surface area contributed by atoms with Crippen LogP contribution in [0.3, 0.4) is 0 Å². The van der Waals surface area contributed by atoms with Crippen molar-refractivity contribution in [1.29, 1.82) is 0 Å². The maximum absolute atomic E-state index is 8.25. The molecule has 0 aromatic rings. The molecule has 0 aromatic carbocycles. The number of aliphatic hydroxyl groups excluding tert-OH is 1. The van der Waals surface area contributed by atoms with E-state index in [-0.39, 0.29) is 6.61 Å². The summed E-state index contributed by atoms with van der Waals surface area (Å²) in [6.45, 7) is 0.170. The number of hydrogen-bond acceptors (Lipinski definition) is 1. The van der Waals surface area contributed by atoms with Gasteiger partial charge in [-0.3, -0.25) is 0 Å². The van der Waals surface area contributed by atoms with Gasteiger partial charge in [0.05, 0.1) is 6.61 Å². The molecule has 0 aliphatic carbocycles. The minimum atomic E-state index is 0.170. The molecule has 0 aliphatic heterocycles. The summed E-state index contributed by atoms with van der Waals surface area (Å²) >= 11 is 4.16. The molecule has 0 aliphatic rings. The average molecular weight is 310 g/mol. The Balaban J connectivity index is 3.22. The van der Waals surface area contributed by atoms with Crippen LogP contribution in [0.5, 0.6) is 0 Å². The predicted octanol–water partition coefficient (Wildman–Crippen LogP) is 1.69. The quantitative estimate of drug-likeness (QED) is 0.731. The maximum Gasteiger partial charge on any atom is 0.0743 e. The Bertz CT molecular complexity index is 59.8. The lowest BCUT2D eigenvalue weighted by Crippen LogP contribution is -1.74. The van der Waals surface area contributed by atoms with Crippen molar-refractivity contribution in [2.45, 2.75) is 0 Å². The van der Waals surface area contributed by atoms with Crippen LogP contribution in [-0.2, 0) is 0 Å². The Morgan fingerprint density at radius 3 is 2.33 bits per heavy atom. The second kappa shape index (κ2) is 4.32. The van der Waals surface area contributed by atoms with Gasteiger partial charge in [-0.2, -0.15) is 0 Å². The molecule has 0 unspecified atom stereocenters. The molecule has 0 saturated carbocycles. The van der Waals surface area contributed by atoms with Gasteiger partial charge in [0.1, 0.15) is 0 Å². The Kier molecular flexibility index (Phi) is 5.16. The third-order valence-electron chi connectivity index (χ3n) is 0.269. The second-order valence-corrected chi connectivity index (χ2v) is 2.72. The van der Waals surface area contributed by atoms with E-state index in [4.69, 9.17) is 5.11 Å². The smallest absolute Gasteiger partial charge is 0.0743 e. The lowest BCUT2D eigenvalue weighted by molar-refractivity contribution is 0.341. The van der Waals surface area contributed by atoms with Crippen molar-refractivity contribution < 1.29 is 5.11 Å². The second-order valence-electron chi connectivity index (χ2n) is 0.714. The SMILES string of the molecule is OCC(I)=CI. The van der Waals surface area contributed by atoms with Crippen molar-refractivity contribution in [3.05, 3.63) is 7.66 Å². The third kappa shape index (κ3) is 3.35. The van der Waals surface area contributed by atoms with Gasteiger partial charge >= 0.3 is 0 Å². The number of halogens is 2. The maximum atomic E-state index is 8.25. The fraction of sp³-hybridized carbons (Fsp3) is 0.333. The van der Waals surface area contributed by atoms with Crippen molar-refractivity contribution in [2.24, 2.45) is 0 Å². The van der Waals surface area contributed by atoms with Crippen molar-refractivity contribution >= 4 is 45.2 Å². The van der Waals surface area contributed by atoms with Crippen molar-refractivity contribution in [2.75, 3.05) is 6.61 Å². The molecule has 0 radical (unpaired) electrons. The van der Waals surface area contributed by atoms with Crippen LogP contribution in [0.25, 0.3) is 0 Å². The van der Waals surface area contributed by atoms with Crippen LogP contribution in [0.1, 0.15) is 0 Å². The largest absolute Gasteiger partial charge is 0.391 e. The highest BCUT2D eigenvalue weighted by molar-refractivity contribution is 14.1. The van der Waals surface area contributed by atoms with E-state index in [1.54, 1.807) is 0 Å². The first-order chi connectivity index (χ1) is 2.81. The minimum absolute atomic E-state index is 0.170. The standard InChI is InChI=1S/C3H4I2O/c4-1-3(5)2-6/h1,6H,2H2. The topological polar surface area (TPSA) is 20.2 Å². The van der Waals surface area contributed by atoms with Crippen LogP contribution >= 0.6 is 45.2 Å². The average Bonchev–Trinajstić information content (AvgIpc) is 1.65. The lowest BCUT2D eigenvalue weighted by atomic mass is 10.7. The van der Waals surface area contributed by atoms with E-state index < -0.39 is 0 Å². The van der Waals surface area contributed by atoms with Crippen LogP contribution in [0.2, 0.25) is 0 Å². The highest BCUT2D eigenvalue weighted by Gasteiger charge is 1.78. The zero-order valence-electron chi connectivity index (χ0n) is 2.99. The summed E-state index contributed by atoms with van der Waals surface area (Å²) < 4.78 is 2.83. The fourth-order valence-electron chi connectivity index (χ4n) is 0.0345.